The van der Waals surface area contributed by atoms with Gasteiger partial charge in [0.15, 0.2) is 6.29 Å². The second-order valence-electron chi connectivity index (χ2n) is 3.85. The number of fused-ring (bicyclic) bond motifs is 1. The zero-order valence-corrected chi connectivity index (χ0v) is 11.7. The van der Waals surface area contributed by atoms with E-state index in [0.29, 0.717) is 17.4 Å². The van der Waals surface area contributed by atoms with Gasteiger partial charge in [0.05, 0.1) is 12.2 Å². The Hall–Kier alpha value is -1.88. The highest BCUT2D eigenvalue weighted by atomic mass is 79.9. The van der Waals surface area contributed by atoms with Gasteiger partial charge >= 0.3 is 5.97 Å². The third-order valence-electron chi connectivity index (χ3n) is 2.76. The van der Waals surface area contributed by atoms with Crippen molar-refractivity contribution in [3.8, 4) is 16.9 Å². The number of hydrogen-bond donors (Lipinski definition) is 1. The molecular weight excluding hydrogens is 312 g/mol. The number of aromatic hydroxyl groups is 1. The topological polar surface area (TPSA) is 63.6 Å². The number of esters is 1. The standard InChI is InChI=1S/C14H11BrO4/c1-2-19-14(18)12-10-6-4-8(15)3-5-9(10)11(7-16)13(12)17/h3-7,17H,2H2,1H3. The highest BCUT2D eigenvalue weighted by Gasteiger charge is 2.27. The molecule has 2 aliphatic carbocycles. The van der Waals surface area contributed by atoms with Gasteiger partial charge in [0.25, 0.3) is 0 Å². The quantitative estimate of drug-likeness (QED) is 0.696. The van der Waals surface area contributed by atoms with E-state index >= 15 is 0 Å². The first-order valence-electron chi connectivity index (χ1n) is 5.66. The van der Waals surface area contributed by atoms with Gasteiger partial charge in [0.1, 0.15) is 11.3 Å². The second kappa shape index (κ2) is 5.40. The average molecular weight is 323 g/mol. The second-order valence-corrected chi connectivity index (χ2v) is 4.77. The van der Waals surface area contributed by atoms with Crippen LogP contribution in [0.3, 0.4) is 0 Å². The molecule has 0 fully saturated rings. The summed E-state index contributed by atoms with van der Waals surface area (Å²) in [6, 6.07) is 6.81. The lowest BCUT2D eigenvalue weighted by atomic mass is 10.1. The van der Waals surface area contributed by atoms with Crippen molar-refractivity contribution in [1.29, 1.82) is 0 Å². The predicted molar refractivity (Wildman–Crippen MR) is 73.8 cm³/mol. The Kier molecular flexibility index (Phi) is 3.85. The van der Waals surface area contributed by atoms with Crippen molar-refractivity contribution in [3.05, 3.63) is 39.9 Å². The fourth-order valence-electron chi connectivity index (χ4n) is 1.93. The van der Waals surface area contributed by atoms with Crippen molar-refractivity contribution >= 4 is 28.2 Å². The number of halogens is 1. The predicted octanol–water partition coefficient (Wildman–Crippen LogP) is 3.25. The first-order chi connectivity index (χ1) is 9.10. The lowest BCUT2D eigenvalue weighted by Crippen LogP contribution is -2.04. The first kappa shape index (κ1) is 13.5. The van der Waals surface area contributed by atoms with Crippen LogP contribution in [0, 0.1) is 0 Å². The molecule has 0 aromatic rings. The maximum Gasteiger partial charge on any atom is 0.342 e. The Morgan fingerprint density at radius 2 is 1.95 bits per heavy atom. The summed E-state index contributed by atoms with van der Waals surface area (Å²) in [6.07, 6.45) is 0.536. The van der Waals surface area contributed by atoms with Gasteiger partial charge in [0.2, 0.25) is 0 Å². The number of carbonyl (C=O) groups excluding carboxylic acids is 2. The van der Waals surface area contributed by atoms with E-state index in [2.05, 4.69) is 15.9 Å². The monoisotopic (exact) mass is 322 g/mol. The molecule has 1 N–H and O–H groups in total. The van der Waals surface area contributed by atoms with Crippen LogP contribution in [0.4, 0.5) is 0 Å². The van der Waals surface area contributed by atoms with Gasteiger partial charge in [-0.1, -0.05) is 28.1 Å². The smallest absolute Gasteiger partial charge is 0.342 e. The molecule has 5 heteroatoms. The summed E-state index contributed by atoms with van der Waals surface area (Å²) in [7, 11) is 0. The molecule has 0 heterocycles. The van der Waals surface area contributed by atoms with Crippen LogP contribution in [0.5, 0.6) is 5.75 Å². The van der Waals surface area contributed by atoms with Crippen molar-refractivity contribution in [3.63, 3.8) is 0 Å². The summed E-state index contributed by atoms with van der Waals surface area (Å²) >= 11 is 3.32. The van der Waals surface area contributed by atoms with Gasteiger partial charge < -0.3 is 9.84 Å². The molecule has 4 nitrogen and oxygen atoms in total. The van der Waals surface area contributed by atoms with Gasteiger partial charge in [0, 0.05) is 10.0 Å². The summed E-state index contributed by atoms with van der Waals surface area (Å²) in [6.45, 7) is 1.88. The SMILES string of the molecule is CCOC(=O)c1c2ccc(Br)ccc-2c(C=O)c1O. The molecule has 0 spiro atoms. The first-order valence-corrected chi connectivity index (χ1v) is 6.46. The highest BCUT2D eigenvalue weighted by molar-refractivity contribution is 9.10. The van der Waals surface area contributed by atoms with E-state index in [0.717, 1.165) is 4.47 Å². The molecule has 0 aromatic heterocycles. The molecule has 0 atom stereocenters. The summed E-state index contributed by atoms with van der Waals surface area (Å²) in [5, 5.41) is 10.0. The van der Waals surface area contributed by atoms with E-state index in [1.807, 2.05) is 0 Å². The molecule has 0 aromatic carbocycles. The van der Waals surface area contributed by atoms with E-state index < -0.39 is 5.97 Å². The fraction of sp³-hybridized carbons (Fsp3) is 0.143. The maximum absolute atomic E-state index is 11.9. The van der Waals surface area contributed by atoms with Gasteiger partial charge in [-0.15, -0.1) is 0 Å². The van der Waals surface area contributed by atoms with Crippen LogP contribution in [-0.2, 0) is 4.74 Å². The number of rotatable bonds is 3. The highest BCUT2D eigenvalue weighted by Crippen LogP contribution is 2.40. The molecule has 0 radical (unpaired) electrons. The molecule has 98 valence electrons. The van der Waals surface area contributed by atoms with Gasteiger partial charge in [-0.05, 0) is 24.6 Å². The Morgan fingerprint density at radius 1 is 1.32 bits per heavy atom. The number of aldehydes is 1. The van der Waals surface area contributed by atoms with Crippen LogP contribution in [0.15, 0.2) is 28.7 Å². The van der Waals surface area contributed by atoms with Crippen molar-refractivity contribution in [1.82, 2.24) is 0 Å². The lowest BCUT2D eigenvalue weighted by molar-refractivity contribution is 0.0524. The zero-order chi connectivity index (χ0) is 14.0. The van der Waals surface area contributed by atoms with Crippen LogP contribution in [0.1, 0.15) is 27.6 Å². The Bertz CT molecular complexity index is 621. The molecular formula is C14H11BrO4. The van der Waals surface area contributed by atoms with E-state index in [-0.39, 0.29) is 23.5 Å². The molecule has 0 unspecified atom stereocenters. The van der Waals surface area contributed by atoms with E-state index in [1.54, 1.807) is 31.2 Å². The average Bonchev–Trinajstić information content (AvgIpc) is 2.51. The normalized spacial score (nSPS) is 10.4. The van der Waals surface area contributed by atoms with Crippen LogP contribution in [0.25, 0.3) is 11.1 Å². The summed E-state index contributed by atoms with van der Waals surface area (Å²) in [5.74, 6) is -0.966. The fourth-order valence-corrected chi connectivity index (χ4v) is 2.20. The summed E-state index contributed by atoms with van der Waals surface area (Å²) in [4.78, 5) is 23.0. The maximum atomic E-state index is 11.9. The molecule has 19 heavy (non-hydrogen) atoms. The Balaban J connectivity index is 2.75. The van der Waals surface area contributed by atoms with E-state index in [1.165, 1.54) is 0 Å². The largest absolute Gasteiger partial charge is 0.506 e. The minimum absolute atomic E-state index is 0.0297. The van der Waals surface area contributed by atoms with Gasteiger partial charge in [-0.3, -0.25) is 4.79 Å². The zero-order valence-electron chi connectivity index (χ0n) is 10.1. The summed E-state index contributed by atoms with van der Waals surface area (Å²) in [5.41, 5.74) is 1.13. The number of hydrogen-bond acceptors (Lipinski definition) is 4. The minimum atomic E-state index is -0.638. The number of ether oxygens (including phenoxy) is 1. The Labute approximate surface area is 118 Å². The minimum Gasteiger partial charge on any atom is -0.506 e. The molecule has 0 saturated carbocycles. The van der Waals surface area contributed by atoms with E-state index in [9.17, 15) is 14.7 Å². The summed E-state index contributed by atoms with van der Waals surface area (Å²) < 4.78 is 5.71. The molecule has 2 aliphatic rings. The molecule has 0 amide bonds. The third kappa shape index (κ3) is 2.33. The van der Waals surface area contributed by atoms with Crippen molar-refractivity contribution in [2.45, 2.75) is 6.92 Å². The van der Waals surface area contributed by atoms with Crippen molar-refractivity contribution < 1.29 is 19.4 Å². The van der Waals surface area contributed by atoms with E-state index in [4.69, 9.17) is 4.74 Å². The van der Waals surface area contributed by atoms with Crippen molar-refractivity contribution in [2.24, 2.45) is 0 Å². The van der Waals surface area contributed by atoms with Crippen LogP contribution >= 0.6 is 15.9 Å². The lowest BCUT2D eigenvalue weighted by Gasteiger charge is -2.02. The van der Waals surface area contributed by atoms with Crippen LogP contribution in [0.2, 0.25) is 0 Å². The number of carbonyl (C=O) groups is 2. The molecule has 0 aliphatic heterocycles. The third-order valence-corrected chi connectivity index (χ3v) is 3.29. The van der Waals surface area contributed by atoms with Crippen LogP contribution in [-0.4, -0.2) is 24.0 Å². The molecule has 2 rings (SSSR count). The Morgan fingerprint density at radius 3 is 2.53 bits per heavy atom. The molecule has 0 saturated heterocycles. The van der Waals surface area contributed by atoms with Crippen molar-refractivity contribution in [2.75, 3.05) is 6.61 Å². The van der Waals surface area contributed by atoms with Crippen LogP contribution < -0.4 is 0 Å². The van der Waals surface area contributed by atoms with Gasteiger partial charge in [-0.2, -0.15) is 0 Å². The molecule has 0 bridgehead atoms. The van der Waals surface area contributed by atoms with Gasteiger partial charge in [-0.25, -0.2) is 4.79 Å².